The average Bonchev–Trinajstić information content (AvgIpc) is 1.64. The van der Waals surface area contributed by atoms with Gasteiger partial charge < -0.3 is 10.2 Å². The maximum Gasteiger partial charge on any atom is 0.384 e. The molecule has 0 aromatic rings. The zero-order chi connectivity index (χ0) is 6.73. The minimum absolute atomic E-state index is 0. The smallest absolute Gasteiger partial charge is 0.384 e. The molecule has 0 aliphatic heterocycles. The van der Waals surface area contributed by atoms with Crippen LogP contribution in [-0.2, 0) is 14.4 Å². The molecule has 0 heterocycles. The molecule has 2 N–H and O–H groups in total. The number of hydrogen-bond acceptors (Lipinski definition) is 3. The molecule has 52 valence electrons. The summed E-state index contributed by atoms with van der Waals surface area (Å²) in [6, 6.07) is 0. The van der Waals surface area contributed by atoms with E-state index in [1.54, 1.807) is 0 Å². The number of rotatable bonds is 2. The number of Topliss-reactive ketones (excluding diaryl/α,β-unsaturated/α-hetero) is 1. The molecule has 0 bridgehead atoms. The van der Waals surface area contributed by atoms with Crippen molar-refractivity contribution in [2.75, 3.05) is 0 Å². The minimum Gasteiger partial charge on any atom is -0.475 e. The summed E-state index contributed by atoms with van der Waals surface area (Å²) in [5, 5.41) is 15.2. The Morgan fingerprint density at radius 2 is 1.11 bits per heavy atom. The van der Waals surface area contributed by atoms with E-state index in [-0.39, 0.29) is 7.43 Å². The normalized spacial score (nSPS) is 7.11. The fourth-order valence-corrected chi connectivity index (χ4v) is 0.0915. The molecule has 0 amide bonds. The van der Waals surface area contributed by atoms with E-state index in [9.17, 15) is 14.4 Å². The number of ketones is 1. The first-order chi connectivity index (χ1) is 3.55. The summed E-state index contributed by atoms with van der Waals surface area (Å²) in [5.74, 6) is -5.71. The van der Waals surface area contributed by atoms with Crippen LogP contribution in [0.1, 0.15) is 7.43 Å². The topological polar surface area (TPSA) is 91.7 Å². The highest BCUT2D eigenvalue weighted by Gasteiger charge is 2.19. The van der Waals surface area contributed by atoms with E-state index < -0.39 is 17.7 Å². The Morgan fingerprint density at radius 3 is 1.11 bits per heavy atom. The zero-order valence-corrected chi connectivity index (χ0v) is 3.62. The number of aliphatic carboxylic acids is 2. The van der Waals surface area contributed by atoms with Gasteiger partial charge in [-0.05, 0) is 0 Å². The molecule has 0 aromatic heterocycles. The Balaban J connectivity index is 0. The van der Waals surface area contributed by atoms with Crippen molar-refractivity contribution in [3.05, 3.63) is 0 Å². The summed E-state index contributed by atoms with van der Waals surface area (Å²) in [7, 11) is 0. The number of carboxylic acids is 2. The Bertz CT molecular complexity index is 131. The molecule has 0 saturated carbocycles. The molecule has 5 heteroatoms. The molecule has 9 heavy (non-hydrogen) atoms. The maximum atomic E-state index is 9.64. The van der Waals surface area contributed by atoms with E-state index in [2.05, 4.69) is 0 Å². The highest BCUT2D eigenvalue weighted by atomic mass is 16.4. The molecule has 5 nitrogen and oxygen atoms in total. The largest absolute Gasteiger partial charge is 0.475 e. The number of carbonyl (C=O) groups excluding carboxylic acids is 1. The first-order valence-electron chi connectivity index (χ1n) is 1.56. The molecule has 0 unspecified atom stereocenters. The van der Waals surface area contributed by atoms with Gasteiger partial charge in [-0.1, -0.05) is 7.43 Å². The number of hydrogen-bond donors (Lipinski definition) is 2. The standard InChI is InChI=1S/C3H2O5.CH4/c4-1(2(5)6)3(7)8;/h(H,5,6)(H,7,8);1H4. The molecule has 0 aliphatic carbocycles. The van der Waals surface area contributed by atoms with Crippen LogP contribution in [0.5, 0.6) is 0 Å². The molecular formula is C4H6O5. The van der Waals surface area contributed by atoms with Crippen LogP contribution in [0.4, 0.5) is 0 Å². The predicted molar refractivity (Wildman–Crippen MR) is 27.0 cm³/mol. The van der Waals surface area contributed by atoms with Crippen molar-refractivity contribution < 1.29 is 24.6 Å². The van der Waals surface area contributed by atoms with Crippen LogP contribution in [0, 0.1) is 0 Å². The molecule has 0 radical (unpaired) electrons. The van der Waals surface area contributed by atoms with E-state index in [0.717, 1.165) is 0 Å². The lowest BCUT2D eigenvalue weighted by Crippen LogP contribution is -2.22. The van der Waals surface area contributed by atoms with Gasteiger partial charge in [0.2, 0.25) is 0 Å². The van der Waals surface area contributed by atoms with Crippen LogP contribution in [0.3, 0.4) is 0 Å². The fraction of sp³-hybridized carbons (Fsp3) is 0.250. The first-order valence-corrected chi connectivity index (χ1v) is 1.56. The Hall–Kier alpha value is -1.39. The van der Waals surface area contributed by atoms with Gasteiger partial charge in [0.1, 0.15) is 0 Å². The summed E-state index contributed by atoms with van der Waals surface area (Å²) >= 11 is 0. The van der Waals surface area contributed by atoms with Crippen molar-refractivity contribution in [1.82, 2.24) is 0 Å². The first kappa shape index (κ1) is 10.6. The van der Waals surface area contributed by atoms with Crippen molar-refractivity contribution >= 4 is 17.7 Å². The van der Waals surface area contributed by atoms with Gasteiger partial charge in [0.15, 0.2) is 0 Å². The van der Waals surface area contributed by atoms with E-state index in [4.69, 9.17) is 10.2 Å². The van der Waals surface area contributed by atoms with Gasteiger partial charge in [0.25, 0.3) is 0 Å². The van der Waals surface area contributed by atoms with Crippen LogP contribution in [0.2, 0.25) is 0 Å². The van der Waals surface area contributed by atoms with Crippen molar-refractivity contribution in [2.24, 2.45) is 0 Å². The third kappa shape index (κ3) is 3.22. The van der Waals surface area contributed by atoms with Crippen LogP contribution in [0.15, 0.2) is 0 Å². The van der Waals surface area contributed by atoms with Gasteiger partial charge in [0, 0.05) is 0 Å². The van der Waals surface area contributed by atoms with Gasteiger partial charge >= 0.3 is 17.7 Å². The third-order valence-corrected chi connectivity index (χ3v) is 0.388. The van der Waals surface area contributed by atoms with E-state index in [1.165, 1.54) is 0 Å². The number of carbonyl (C=O) groups is 3. The molecule has 0 fully saturated rings. The Labute approximate surface area is 50.9 Å². The van der Waals surface area contributed by atoms with Gasteiger partial charge in [0.05, 0.1) is 0 Å². The molecule has 0 rings (SSSR count). The van der Waals surface area contributed by atoms with Crippen LogP contribution < -0.4 is 0 Å². The predicted octanol–water partition coefficient (Wildman–Crippen LogP) is -0.639. The fourth-order valence-electron chi connectivity index (χ4n) is 0.0915. The Morgan fingerprint density at radius 1 is 0.889 bits per heavy atom. The lowest BCUT2D eigenvalue weighted by molar-refractivity contribution is -0.159. The lowest BCUT2D eigenvalue weighted by atomic mass is 10.4. The summed E-state index contributed by atoms with van der Waals surface area (Å²) in [6.45, 7) is 0. The summed E-state index contributed by atoms with van der Waals surface area (Å²) in [4.78, 5) is 28.5. The molecule has 0 atom stereocenters. The molecule has 0 spiro atoms. The SMILES string of the molecule is C.O=C(O)C(=O)C(=O)O. The minimum atomic E-state index is -1.95. The zero-order valence-electron chi connectivity index (χ0n) is 3.62. The van der Waals surface area contributed by atoms with E-state index in [0.29, 0.717) is 0 Å². The van der Waals surface area contributed by atoms with Gasteiger partial charge in [-0.25, -0.2) is 9.59 Å². The van der Waals surface area contributed by atoms with Crippen molar-refractivity contribution in [3.8, 4) is 0 Å². The number of carboxylic acid groups (broad SMARTS) is 2. The third-order valence-electron chi connectivity index (χ3n) is 0.388. The second-order valence-electron chi connectivity index (χ2n) is 0.939. The molecule has 0 saturated heterocycles. The van der Waals surface area contributed by atoms with E-state index in [1.807, 2.05) is 0 Å². The Kier molecular flexibility index (Phi) is 4.22. The van der Waals surface area contributed by atoms with Gasteiger partial charge in [-0.15, -0.1) is 0 Å². The summed E-state index contributed by atoms with van der Waals surface area (Å²) in [6.07, 6.45) is 0. The van der Waals surface area contributed by atoms with Crippen LogP contribution in [-0.4, -0.2) is 27.9 Å². The van der Waals surface area contributed by atoms with Crippen molar-refractivity contribution in [1.29, 1.82) is 0 Å². The average molecular weight is 134 g/mol. The molecule has 0 aliphatic rings. The van der Waals surface area contributed by atoms with E-state index >= 15 is 0 Å². The summed E-state index contributed by atoms with van der Waals surface area (Å²) < 4.78 is 0. The highest BCUT2D eigenvalue weighted by molar-refractivity contribution is 6.59. The maximum absolute atomic E-state index is 9.64. The second-order valence-corrected chi connectivity index (χ2v) is 0.939. The second kappa shape index (κ2) is 3.59. The quantitative estimate of drug-likeness (QED) is 0.387. The monoisotopic (exact) mass is 134 g/mol. The highest BCUT2D eigenvalue weighted by Crippen LogP contribution is 1.69. The van der Waals surface area contributed by atoms with Crippen molar-refractivity contribution in [3.63, 3.8) is 0 Å². The van der Waals surface area contributed by atoms with Gasteiger partial charge in [-0.3, -0.25) is 4.79 Å². The van der Waals surface area contributed by atoms with Crippen molar-refractivity contribution in [2.45, 2.75) is 7.43 Å². The van der Waals surface area contributed by atoms with Crippen LogP contribution in [0.25, 0.3) is 0 Å². The lowest BCUT2D eigenvalue weighted by Gasteiger charge is -1.80. The van der Waals surface area contributed by atoms with Crippen LogP contribution >= 0.6 is 0 Å². The molecular weight excluding hydrogens is 128 g/mol. The van der Waals surface area contributed by atoms with Gasteiger partial charge in [-0.2, -0.15) is 0 Å². The summed E-state index contributed by atoms with van der Waals surface area (Å²) in [5.41, 5.74) is 0. The molecule has 0 aromatic carbocycles.